The molecule has 0 saturated heterocycles. The Hall–Kier alpha value is -1.64. The molecule has 0 aliphatic rings. The summed E-state index contributed by atoms with van der Waals surface area (Å²) in [7, 11) is 1.97. The first-order valence-electron chi connectivity index (χ1n) is 6.06. The molecule has 3 nitrogen and oxygen atoms in total. The first kappa shape index (κ1) is 11.8. The van der Waals surface area contributed by atoms with Crippen molar-refractivity contribution in [3.63, 3.8) is 0 Å². The van der Waals surface area contributed by atoms with E-state index in [1.54, 1.807) is 0 Å². The quantitative estimate of drug-likeness (QED) is 0.809. The summed E-state index contributed by atoms with van der Waals surface area (Å²) in [5.74, 6) is 1.25. The number of rotatable bonds is 4. The number of aryl methyl sites for hydroxylation is 1. The van der Waals surface area contributed by atoms with Gasteiger partial charge >= 0.3 is 0 Å². The van der Waals surface area contributed by atoms with Crippen LogP contribution in [0.4, 0.5) is 0 Å². The number of imidazole rings is 1. The van der Waals surface area contributed by atoms with E-state index in [1.807, 2.05) is 49.7 Å². The van der Waals surface area contributed by atoms with E-state index in [4.69, 9.17) is 0 Å². The molecule has 17 heavy (non-hydrogen) atoms. The number of benzene rings is 1. The Morgan fingerprint density at radius 1 is 1.41 bits per heavy atom. The molecular weight excluding hydrogens is 212 g/mol. The number of hydrogen-bond acceptors (Lipinski definition) is 2. The van der Waals surface area contributed by atoms with Crippen LogP contribution in [0.5, 0.6) is 0 Å². The Labute approximate surface area is 101 Å². The van der Waals surface area contributed by atoms with Crippen molar-refractivity contribution in [1.29, 1.82) is 0 Å². The number of hydrogen-bond donors (Lipinski definition) is 0. The second-order valence-corrected chi connectivity index (χ2v) is 4.53. The Morgan fingerprint density at radius 3 is 2.76 bits per heavy atom. The zero-order valence-corrected chi connectivity index (χ0v) is 10.6. The van der Waals surface area contributed by atoms with Crippen molar-refractivity contribution in [2.24, 2.45) is 13.0 Å². The van der Waals surface area contributed by atoms with Crippen molar-refractivity contribution in [1.82, 2.24) is 9.55 Å². The molecule has 3 heteroatoms. The summed E-state index contributed by atoms with van der Waals surface area (Å²) in [4.78, 5) is 16.4. The van der Waals surface area contributed by atoms with Gasteiger partial charge in [-0.1, -0.05) is 26.0 Å². The number of nitrogens with zero attached hydrogens (tertiary/aromatic N) is 2. The lowest BCUT2D eigenvalue weighted by Crippen LogP contribution is -2.15. The lowest BCUT2D eigenvalue weighted by molar-refractivity contribution is -0.121. The molecule has 0 bridgehead atoms. The maximum Gasteiger partial charge on any atom is 0.143 e. The molecule has 0 amide bonds. The van der Waals surface area contributed by atoms with E-state index in [0.29, 0.717) is 6.42 Å². The van der Waals surface area contributed by atoms with Crippen LogP contribution in [0.2, 0.25) is 0 Å². The van der Waals surface area contributed by atoms with E-state index >= 15 is 0 Å². The molecule has 1 aromatic carbocycles. The van der Waals surface area contributed by atoms with E-state index in [9.17, 15) is 4.79 Å². The van der Waals surface area contributed by atoms with Gasteiger partial charge in [-0.05, 0) is 18.6 Å². The number of fused-ring (bicyclic) bond motifs is 1. The Bertz CT molecular complexity index is 542. The third-order valence-electron chi connectivity index (χ3n) is 3.37. The average molecular weight is 230 g/mol. The number of Topliss-reactive ketones (excluding diaryl/α,β-unsaturated/α-hetero) is 1. The van der Waals surface area contributed by atoms with Crippen LogP contribution in [0.25, 0.3) is 11.0 Å². The van der Waals surface area contributed by atoms with Gasteiger partial charge in [-0.15, -0.1) is 0 Å². The number of carbonyl (C=O) groups is 1. The van der Waals surface area contributed by atoms with Gasteiger partial charge in [0.25, 0.3) is 0 Å². The van der Waals surface area contributed by atoms with Gasteiger partial charge in [0.1, 0.15) is 11.6 Å². The van der Waals surface area contributed by atoms with E-state index in [1.165, 1.54) is 0 Å². The van der Waals surface area contributed by atoms with Gasteiger partial charge in [0.05, 0.1) is 17.5 Å². The molecular formula is C14H18N2O. The van der Waals surface area contributed by atoms with Gasteiger partial charge in [0.15, 0.2) is 0 Å². The van der Waals surface area contributed by atoms with Crippen LogP contribution >= 0.6 is 0 Å². The predicted octanol–water partition coefficient (Wildman–Crippen LogP) is 2.73. The summed E-state index contributed by atoms with van der Waals surface area (Å²) >= 11 is 0. The average Bonchev–Trinajstić information content (AvgIpc) is 2.66. The minimum atomic E-state index is 0.120. The van der Waals surface area contributed by atoms with Crippen molar-refractivity contribution in [2.75, 3.05) is 0 Å². The predicted molar refractivity (Wildman–Crippen MR) is 68.9 cm³/mol. The molecule has 1 unspecified atom stereocenters. The molecule has 1 atom stereocenters. The monoisotopic (exact) mass is 230 g/mol. The largest absolute Gasteiger partial charge is 0.331 e. The van der Waals surface area contributed by atoms with Crippen LogP contribution in [-0.4, -0.2) is 15.3 Å². The standard InChI is InChI=1S/C14H18N2O/c1-4-10(2)13(17)9-14-15-11-7-5-6-8-12(11)16(14)3/h5-8,10H,4,9H2,1-3H3. The summed E-state index contributed by atoms with van der Waals surface area (Å²) in [6, 6.07) is 7.96. The molecule has 0 fully saturated rings. The fourth-order valence-electron chi connectivity index (χ4n) is 1.91. The number of carbonyl (C=O) groups excluding carboxylic acids is 1. The molecule has 0 N–H and O–H groups in total. The van der Waals surface area contributed by atoms with Crippen molar-refractivity contribution in [2.45, 2.75) is 26.7 Å². The lowest BCUT2D eigenvalue weighted by atomic mass is 10.0. The molecule has 0 spiro atoms. The van der Waals surface area contributed by atoms with E-state index in [2.05, 4.69) is 4.98 Å². The fraction of sp³-hybridized carbons (Fsp3) is 0.429. The van der Waals surface area contributed by atoms with Gasteiger partial charge in [-0.3, -0.25) is 4.79 Å². The topological polar surface area (TPSA) is 34.9 Å². The van der Waals surface area contributed by atoms with Crippen LogP contribution in [0, 0.1) is 5.92 Å². The Morgan fingerprint density at radius 2 is 2.12 bits per heavy atom. The maximum atomic E-state index is 11.9. The van der Waals surface area contributed by atoms with Crippen LogP contribution in [-0.2, 0) is 18.3 Å². The van der Waals surface area contributed by atoms with Crippen molar-refractivity contribution >= 4 is 16.8 Å². The highest BCUT2D eigenvalue weighted by Gasteiger charge is 2.15. The normalized spacial score (nSPS) is 12.9. The minimum Gasteiger partial charge on any atom is -0.331 e. The summed E-state index contributed by atoms with van der Waals surface area (Å²) in [6.07, 6.45) is 1.32. The van der Waals surface area contributed by atoms with Crippen LogP contribution in [0.15, 0.2) is 24.3 Å². The summed E-state index contributed by atoms with van der Waals surface area (Å²) < 4.78 is 2.01. The summed E-state index contributed by atoms with van der Waals surface area (Å²) in [5, 5.41) is 0. The Balaban J connectivity index is 2.30. The van der Waals surface area contributed by atoms with Crippen molar-refractivity contribution < 1.29 is 4.79 Å². The van der Waals surface area contributed by atoms with E-state index in [0.717, 1.165) is 23.3 Å². The summed E-state index contributed by atoms with van der Waals surface area (Å²) in [5.41, 5.74) is 2.04. The van der Waals surface area contributed by atoms with E-state index in [-0.39, 0.29) is 11.7 Å². The third-order valence-corrected chi connectivity index (χ3v) is 3.37. The van der Waals surface area contributed by atoms with Crippen LogP contribution in [0.1, 0.15) is 26.1 Å². The van der Waals surface area contributed by atoms with E-state index < -0.39 is 0 Å². The molecule has 0 saturated carbocycles. The van der Waals surface area contributed by atoms with Crippen LogP contribution < -0.4 is 0 Å². The second kappa shape index (κ2) is 4.70. The fourth-order valence-corrected chi connectivity index (χ4v) is 1.91. The molecule has 0 radical (unpaired) electrons. The highest BCUT2D eigenvalue weighted by Crippen LogP contribution is 2.16. The molecule has 1 heterocycles. The van der Waals surface area contributed by atoms with Crippen LogP contribution in [0.3, 0.4) is 0 Å². The highest BCUT2D eigenvalue weighted by atomic mass is 16.1. The highest BCUT2D eigenvalue weighted by molar-refractivity contribution is 5.84. The van der Waals surface area contributed by atoms with Gasteiger partial charge in [-0.2, -0.15) is 0 Å². The zero-order chi connectivity index (χ0) is 12.4. The van der Waals surface area contributed by atoms with Gasteiger partial charge < -0.3 is 4.57 Å². The molecule has 0 aliphatic heterocycles. The number of para-hydroxylation sites is 2. The smallest absolute Gasteiger partial charge is 0.143 e. The van der Waals surface area contributed by atoms with Crippen molar-refractivity contribution in [3.05, 3.63) is 30.1 Å². The molecule has 1 aromatic heterocycles. The maximum absolute atomic E-state index is 11.9. The van der Waals surface area contributed by atoms with Crippen molar-refractivity contribution in [3.8, 4) is 0 Å². The SMILES string of the molecule is CCC(C)C(=O)Cc1nc2ccccc2n1C. The molecule has 2 rings (SSSR count). The first-order valence-corrected chi connectivity index (χ1v) is 6.06. The lowest BCUT2D eigenvalue weighted by Gasteiger charge is -2.07. The number of ketones is 1. The molecule has 2 aromatic rings. The Kier molecular flexibility index (Phi) is 3.27. The first-order chi connectivity index (χ1) is 8.13. The zero-order valence-electron chi connectivity index (χ0n) is 10.6. The molecule has 0 aliphatic carbocycles. The van der Waals surface area contributed by atoms with Gasteiger partial charge in [0.2, 0.25) is 0 Å². The van der Waals surface area contributed by atoms with Gasteiger partial charge in [-0.25, -0.2) is 4.98 Å². The number of aromatic nitrogens is 2. The molecule has 90 valence electrons. The third kappa shape index (κ3) is 2.23. The second-order valence-electron chi connectivity index (χ2n) is 4.53. The summed E-state index contributed by atoms with van der Waals surface area (Å²) in [6.45, 7) is 4.02. The minimum absolute atomic E-state index is 0.120. The van der Waals surface area contributed by atoms with Gasteiger partial charge in [0, 0.05) is 13.0 Å².